The largest absolute Gasteiger partial charge is 0.320 e. The second kappa shape index (κ2) is 6.62. The lowest BCUT2D eigenvalue weighted by molar-refractivity contribution is 0.0967. The fourth-order valence-electron chi connectivity index (χ4n) is 2.47. The van der Waals surface area contributed by atoms with E-state index < -0.39 is 0 Å². The van der Waals surface area contributed by atoms with Crippen molar-refractivity contribution in [2.45, 2.75) is 20.4 Å². The molecule has 0 aliphatic carbocycles. The molecule has 0 aliphatic heterocycles. The molecule has 0 bridgehead atoms. The highest BCUT2D eigenvalue weighted by atomic mass is 16.1. The van der Waals surface area contributed by atoms with Crippen molar-refractivity contribution in [3.05, 3.63) is 89.0 Å². The van der Waals surface area contributed by atoms with Gasteiger partial charge in [0.2, 0.25) is 5.78 Å². The lowest BCUT2D eigenvalue weighted by Gasteiger charge is -2.07. The van der Waals surface area contributed by atoms with Gasteiger partial charge in [-0.15, -0.1) is 0 Å². The molecule has 0 saturated carbocycles. The Kier molecular flexibility index (Phi) is 4.38. The molecule has 0 N–H and O–H groups in total. The molecule has 0 unspecified atom stereocenters. The second-order valence-corrected chi connectivity index (χ2v) is 5.86. The van der Waals surface area contributed by atoms with Gasteiger partial charge >= 0.3 is 0 Å². The van der Waals surface area contributed by atoms with E-state index in [9.17, 15) is 9.59 Å². The molecule has 4 nitrogen and oxygen atoms in total. The highest BCUT2D eigenvalue weighted by Gasteiger charge is 2.17. The SMILES string of the molecule is Cc1ccc(C(=O)Cn2ccnc2C(=O)c2ccc(C)cc2)cc1. The van der Waals surface area contributed by atoms with Crippen molar-refractivity contribution < 1.29 is 9.59 Å². The van der Waals surface area contributed by atoms with E-state index in [4.69, 9.17) is 0 Å². The Bertz CT molecular complexity index is 875. The van der Waals surface area contributed by atoms with E-state index in [1.54, 1.807) is 41.2 Å². The fourth-order valence-corrected chi connectivity index (χ4v) is 2.47. The Morgan fingerprint density at radius 3 is 2.00 bits per heavy atom. The van der Waals surface area contributed by atoms with E-state index in [2.05, 4.69) is 4.98 Å². The van der Waals surface area contributed by atoms with Gasteiger partial charge in [0.15, 0.2) is 11.6 Å². The number of aromatic nitrogens is 2. The number of nitrogens with zero attached hydrogens (tertiary/aromatic N) is 2. The molecule has 0 atom stereocenters. The first-order valence-electron chi connectivity index (χ1n) is 7.77. The van der Waals surface area contributed by atoms with Crippen molar-refractivity contribution in [3.63, 3.8) is 0 Å². The van der Waals surface area contributed by atoms with Crippen LogP contribution in [0.25, 0.3) is 0 Å². The smallest absolute Gasteiger partial charge is 0.228 e. The lowest BCUT2D eigenvalue weighted by atomic mass is 10.1. The summed E-state index contributed by atoms with van der Waals surface area (Å²) < 4.78 is 1.60. The number of carbonyl (C=O) groups is 2. The number of Topliss-reactive ketones (excluding diaryl/α,β-unsaturated/α-hetero) is 1. The molecule has 1 heterocycles. The summed E-state index contributed by atoms with van der Waals surface area (Å²) in [6.45, 7) is 4.04. The van der Waals surface area contributed by atoms with Crippen LogP contribution in [0, 0.1) is 13.8 Å². The van der Waals surface area contributed by atoms with Crippen LogP contribution in [0.5, 0.6) is 0 Å². The number of aryl methyl sites for hydroxylation is 2. The Morgan fingerprint density at radius 1 is 0.875 bits per heavy atom. The van der Waals surface area contributed by atoms with Gasteiger partial charge in [-0.05, 0) is 13.8 Å². The molecule has 0 saturated heterocycles. The average Bonchev–Trinajstić information content (AvgIpc) is 3.03. The first kappa shape index (κ1) is 15.9. The average molecular weight is 318 g/mol. The standard InChI is InChI=1S/C20H18N2O2/c1-14-3-7-16(8-4-14)18(23)13-22-12-11-21-20(22)19(24)17-9-5-15(2)6-10-17/h3-12H,13H2,1-2H3. The number of rotatable bonds is 5. The summed E-state index contributed by atoms with van der Waals surface area (Å²) in [5.74, 6) is 0.0435. The molecule has 0 fully saturated rings. The quantitative estimate of drug-likeness (QED) is 0.675. The van der Waals surface area contributed by atoms with E-state index in [1.807, 2.05) is 38.1 Å². The molecule has 120 valence electrons. The maximum atomic E-state index is 12.6. The lowest BCUT2D eigenvalue weighted by Crippen LogP contribution is -2.16. The number of carbonyl (C=O) groups excluding carboxylic acids is 2. The van der Waals surface area contributed by atoms with Crippen molar-refractivity contribution in [1.82, 2.24) is 9.55 Å². The normalized spacial score (nSPS) is 10.6. The highest BCUT2D eigenvalue weighted by molar-refractivity contribution is 6.07. The monoisotopic (exact) mass is 318 g/mol. The topological polar surface area (TPSA) is 52.0 Å². The van der Waals surface area contributed by atoms with Crippen molar-refractivity contribution in [1.29, 1.82) is 0 Å². The maximum Gasteiger partial charge on any atom is 0.228 e. The zero-order chi connectivity index (χ0) is 17.1. The summed E-state index contributed by atoms with van der Waals surface area (Å²) >= 11 is 0. The summed E-state index contributed by atoms with van der Waals surface area (Å²) in [4.78, 5) is 29.2. The molecule has 0 spiro atoms. The van der Waals surface area contributed by atoms with Gasteiger partial charge in [0.1, 0.15) is 0 Å². The second-order valence-electron chi connectivity index (χ2n) is 5.86. The Labute approximate surface area is 140 Å². The van der Waals surface area contributed by atoms with Crippen LogP contribution in [-0.4, -0.2) is 21.1 Å². The minimum Gasteiger partial charge on any atom is -0.320 e. The Balaban J connectivity index is 1.82. The molecule has 3 aromatic rings. The van der Waals surface area contributed by atoms with E-state index in [0.29, 0.717) is 11.1 Å². The molecule has 0 aliphatic rings. The van der Waals surface area contributed by atoms with Gasteiger partial charge in [-0.1, -0.05) is 59.7 Å². The van der Waals surface area contributed by atoms with E-state index in [0.717, 1.165) is 11.1 Å². The van der Waals surface area contributed by atoms with Gasteiger partial charge in [0, 0.05) is 23.5 Å². The molecule has 4 heteroatoms. The van der Waals surface area contributed by atoms with E-state index in [1.165, 1.54) is 0 Å². The number of benzene rings is 2. The van der Waals surface area contributed by atoms with Crippen molar-refractivity contribution in [2.24, 2.45) is 0 Å². The number of hydrogen-bond donors (Lipinski definition) is 0. The van der Waals surface area contributed by atoms with E-state index >= 15 is 0 Å². The summed E-state index contributed by atoms with van der Waals surface area (Å²) in [5.41, 5.74) is 3.38. The third-order valence-corrected chi connectivity index (χ3v) is 3.92. The molecular weight excluding hydrogens is 300 g/mol. The van der Waals surface area contributed by atoms with E-state index in [-0.39, 0.29) is 23.9 Å². The maximum absolute atomic E-state index is 12.6. The molecule has 0 radical (unpaired) electrons. The van der Waals surface area contributed by atoms with Crippen LogP contribution in [0.15, 0.2) is 60.9 Å². The van der Waals surface area contributed by atoms with Gasteiger partial charge in [0.05, 0.1) is 6.54 Å². The van der Waals surface area contributed by atoms with Crippen LogP contribution in [0.4, 0.5) is 0 Å². The summed E-state index contributed by atoms with van der Waals surface area (Å²) in [5, 5.41) is 0. The van der Waals surface area contributed by atoms with Crippen LogP contribution in [-0.2, 0) is 6.54 Å². The van der Waals surface area contributed by atoms with Gasteiger partial charge in [-0.25, -0.2) is 4.98 Å². The third kappa shape index (κ3) is 3.33. The molecule has 1 aromatic heterocycles. The van der Waals surface area contributed by atoms with Crippen LogP contribution in [0.2, 0.25) is 0 Å². The van der Waals surface area contributed by atoms with Crippen molar-refractivity contribution >= 4 is 11.6 Å². The molecule has 2 aromatic carbocycles. The number of ketones is 2. The first-order chi connectivity index (χ1) is 11.5. The molecule has 0 amide bonds. The zero-order valence-electron chi connectivity index (χ0n) is 13.7. The number of hydrogen-bond acceptors (Lipinski definition) is 3. The minimum atomic E-state index is -0.184. The zero-order valence-corrected chi connectivity index (χ0v) is 13.7. The molecule has 3 rings (SSSR count). The first-order valence-corrected chi connectivity index (χ1v) is 7.77. The minimum absolute atomic E-state index is 0.0500. The van der Waals surface area contributed by atoms with Gasteiger partial charge in [0.25, 0.3) is 0 Å². The van der Waals surface area contributed by atoms with Crippen molar-refractivity contribution in [3.8, 4) is 0 Å². The summed E-state index contributed by atoms with van der Waals surface area (Å²) in [6, 6.07) is 14.7. The molecule has 24 heavy (non-hydrogen) atoms. The van der Waals surface area contributed by atoms with Gasteiger partial charge in [-0.2, -0.15) is 0 Å². The van der Waals surface area contributed by atoms with Gasteiger partial charge in [-0.3, -0.25) is 9.59 Å². The molecular formula is C20H18N2O2. The summed E-state index contributed by atoms with van der Waals surface area (Å²) in [7, 11) is 0. The van der Waals surface area contributed by atoms with Crippen LogP contribution >= 0.6 is 0 Å². The van der Waals surface area contributed by atoms with Crippen molar-refractivity contribution in [2.75, 3.05) is 0 Å². The predicted molar refractivity (Wildman–Crippen MR) is 92.3 cm³/mol. The fraction of sp³-hybridized carbons (Fsp3) is 0.150. The third-order valence-electron chi connectivity index (χ3n) is 3.92. The Morgan fingerprint density at radius 2 is 1.42 bits per heavy atom. The highest BCUT2D eigenvalue weighted by Crippen LogP contribution is 2.12. The summed E-state index contributed by atoms with van der Waals surface area (Å²) in [6.07, 6.45) is 3.21. The van der Waals surface area contributed by atoms with Crippen LogP contribution < -0.4 is 0 Å². The van der Waals surface area contributed by atoms with Crippen LogP contribution in [0.1, 0.15) is 37.7 Å². The number of imidazole rings is 1. The van der Waals surface area contributed by atoms with Crippen LogP contribution in [0.3, 0.4) is 0 Å². The Hall–Kier alpha value is -3.01. The predicted octanol–water partition coefficient (Wildman–Crippen LogP) is 3.61. The van der Waals surface area contributed by atoms with Gasteiger partial charge < -0.3 is 4.57 Å².